The summed E-state index contributed by atoms with van der Waals surface area (Å²) >= 11 is 6.19. The predicted molar refractivity (Wildman–Crippen MR) is 86.4 cm³/mol. The number of hydrogen-bond donors (Lipinski definition) is 1. The van der Waals surface area contributed by atoms with Crippen LogP contribution >= 0.6 is 11.6 Å². The van der Waals surface area contributed by atoms with Gasteiger partial charge in [0.2, 0.25) is 0 Å². The molecular formula is C15H16ClN5O. The molecular weight excluding hydrogens is 302 g/mol. The average Bonchev–Trinajstić information content (AvgIpc) is 2.55. The Labute approximate surface area is 133 Å². The summed E-state index contributed by atoms with van der Waals surface area (Å²) in [5, 5.41) is 0.651. The molecule has 3 heterocycles. The van der Waals surface area contributed by atoms with Gasteiger partial charge in [0.1, 0.15) is 5.82 Å². The molecule has 0 aliphatic carbocycles. The third-order valence-electron chi connectivity index (χ3n) is 3.72. The van der Waals surface area contributed by atoms with Crippen molar-refractivity contribution in [1.29, 1.82) is 0 Å². The van der Waals surface area contributed by atoms with Crippen LogP contribution in [0.5, 0.6) is 0 Å². The largest absolute Gasteiger partial charge is 0.367 e. The van der Waals surface area contributed by atoms with E-state index in [-0.39, 0.29) is 0 Å². The lowest BCUT2D eigenvalue weighted by Gasteiger charge is -2.37. The second kappa shape index (κ2) is 6.19. The first-order chi connectivity index (χ1) is 10.7. The van der Waals surface area contributed by atoms with Crippen molar-refractivity contribution in [3.8, 4) is 0 Å². The van der Waals surface area contributed by atoms with E-state index in [0.29, 0.717) is 10.6 Å². The Balaban J connectivity index is 1.75. The van der Waals surface area contributed by atoms with Crippen molar-refractivity contribution in [3.05, 3.63) is 47.4 Å². The summed E-state index contributed by atoms with van der Waals surface area (Å²) in [6.45, 7) is 3.07. The van der Waals surface area contributed by atoms with Crippen molar-refractivity contribution >= 4 is 29.0 Å². The van der Waals surface area contributed by atoms with Crippen molar-refractivity contribution in [2.24, 2.45) is 5.73 Å². The number of amides is 1. The SMILES string of the molecule is NC(=O)c1cnccc1N1CCN(c2ncccc2Cl)CC1. The molecule has 114 valence electrons. The van der Waals surface area contributed by atoms with Crippen LogP contribution in [0.2, 0.25) is 5.02 Å². The number of anilines is 2. The van der Waals surface area contributed by atoms with E-state index in [2.05, 4.69) is 19.8 Å². The van der Waals surface area contributed by atoms with E-state index in [0.717, 1.165) is 37.7 Å². The van der Waals surface area contributed by atoms with Crippen molar-refractivity contribution in [1.82, 2.24) is 9.97 Å². The molecule has 1 amide bonds. The number of pyridine rings is 2. The van der Waals surface area contributed by atoms with Gasteiger partial charge in [-0.15, -0.1) is 0 Å². The Morgan fingerprint density at radius 1 is 1.14 bits per heavy atom. The molecule has 22 heavy (non-hydrogen) atoms. The van der Waals surface area contributed by atoms with Gasteiger partial charge < -0.3 is 15.5 Å². The number of rotatable bonds is 3. The Bertz CT molecular complexity index is 685. The Morgan fingerprint density at radius 2 is 1.86 bits per heavy atom. The van der Waals surface area contributed by atoms with Crippen LogP contribution in [0.4, 0.5) is 11.5 Å². The van der Waals surface area contributed by atoms with Crippen molar-refractivity contribution in [2.75, 3.05) is 36.0 Å². The maximum atomic E-state index is 11.5. The molecule has 1 saturated heterocycles. The highest BCUT2D eigenvalue weighted by Crippen LogP contribution is 2.26. The smallest absolute Gasteiger partial charge is 0.252 e. The van der Waals surface area contributed by atoms with Crippen molar-refractivity contribution in [3.63, 3.8) is 0 Å². The molecule has 0 bridgehead atoms. The van der Waals surface area contributed by atoms with Crippen LogP contribution in [0.1, 0.15) is 10.4 Å². The second-order valence-electron chi connectivity index (χ2n) is 5.04. The molecule has 1 aliphatic rings. The van der Waals surface area contributed by atoms with E-state index >= 15 is 0 Å². The summed E-state index contributed by atoms with van der Waals surface area (Å²) in [6, 6.07) is 5.48. The zero-order valence-electron chi connectivity index (χ0n) is 11.9. The van der Waals surface area contributed by atoms with E-state index in [9.17, 15) is 4.79 Å². The molecule has 0 unspecified atom stereocenters. The molecule has 0 atom stereocenters. The van der Waals surface area contributed by atoms with Gasteiger partial charge in [0.15, 0.2) is 0 Å². The highest BCUT2D eigenvalue weighted by atomic mass is 35.5. The number of nitrogens with zero attached hydrogens (tertiary/aromatic N) is 4. The molecule has 7 heteroatoms. The number of halogens is 1. The van der Waals surface area contributed by atoms with E-state index in [4.69, 9.17) is 17.3 Å². The lowest BCUT2D eigenvalue weighted by atomic mass is 10.2. The van der Waals surface area contributed by atoms with Gasteiger partial charge in [-0.2, -0.15) is 0 Å². The number of primary amides is 1. The topological polar surface area (TPSA) is 75.4 Å². The van der Waals surface area contributed by atoms with Crippen LogP contribution in [0, 0.1) is 0 Å². The molecule has 0 saturated carbocycles. The lowest BCUT2D eigenvalue weighted by Crippen LogP contribution is -2.47. The Kier molecular flexibility index (Phi) is 4.11. The molecule has 1 aliphatic heterocycles. The summed E-state index contributed by atoms with van der Waals surface area (Å²) in [5.74, 6) is 0.340. The zero-order valence-corrected chi connectivity index (χ0v) is 12.7. The first-order valence-corrected chi connectivity index (χ1v) is 7.39. The fraction of sp³-hybridized carbons (Fsp3) is 0.267. The quantitative estimate of drug-likeness (QED) is 0.929. The van der Waals surface area contributed by atoms with Crippen molar-refractivity contribution in [2.45, 2.75) is 0 Å². The summed E-state index contributed by atoms with van der Waals surface area (Å²) in [7, 11) is 0. The Morgan fingerprint density at radius 3 is 2.55 bits per heavy atom. The molecule has 0 spiro atoms. The summed E-state index contributed by atoms with van der Waals surface area (Å²) in [4.78, 5) is 24.1. The predicted octanol–water partition coefficient (Wildman–Crippen LogP) is 1.56. The molecule has 3 rings (SSSR count). The van der Waals surface area contributed by atoms with Gasteiger partial charge in [-0.25, -0.2) is 4.98 Å². The number of aromatic nitrogens is 2. The molecule has 2 N–H and O–H groups in total. The summed E-state index contributed by atoms with van der Waals surface area (Å²) in [5.41, 5.74) is 6.69. The van der Waals surface area contributed by atoms with Gasteiger partial charge in [0, 0.05) is 44.8 Å². The first kappa shape index (κ1) is 14.6. The summed E-state index contributed by atoms with van der Waals surface area (Å²) < 4.78 is 0. The van der Waals surface area contributed by atoms with Crippen LogP contribution < -0.4 is 15.5 Å². The lowest BCUT2D eigenvalue weighted by molar-refractivity contribution is 0.100. The number of hydrogen-bond acceptors (Lipinski definition) is 5. The summed E-state index contributed by atoms with van der Waals surface area (Å²) in [6.07, 6.45) is 4.92. The minimum atomic E-state index is -0.460. The second-order valence-corrected chi connectivity index (χ2v) is 5.45. The first-order valence-electron chi connectivity index (χ1n) is 7.01. The van der Waals surface area contributed by atoms with Gasteiger partial charge in [-0.1, -0.05) is 11.6 Å². The zero-order chi connectivity index (χ0) is 15.5. The maximum absolute atomic E-state index is 11.5. The number of carbonyl (C=O) groups is 1. The van der Waals surface area contributed by atoms with E-state index in [1.807, 2.05) is 18.2 Å². The molecule has 6 nitrogen and oxygen atoms in total. The standard InChI is InChI=1S/C15H16ClN5O/c16-12-2-1-4-19-15(12)21-8-6-20(7-9-21)13-3-5-18-10-11(13)14(17)22/h1-5,10H,6-9H2,(H2,17,22). The minimum absolute atomic E-state index is 0.451. The highest BCUT2D eigenvalue weighted by Gasteiger charge is 2.22. The van der Waals surface area contributed by atoms with Gasteiger partial charge in [0.05, 0.1) is 16.3 Å². The Hall–Kier alpha value is -2.34. The van der Waals surface area contributed by atoms with Gasteiger partial charge in [-0.3, -0.25) is 9.78 Å². The van der Waals surface area contributed by atoms with E-state index in [1.165, 1.54) is 6.20 Å². The van der Waals surface area contributed by atoms with Crippen LogP contribution in [0.25, 0.3) is 0 Å². The van der Waals surface area contributed by atoms with Gasteiger partial charge >= 0.3 is 0 Å². The molecule has 0 radical (unpaired) electrons. The molecule has 2 aromatic heterocycles. The van der Waals surface area contributed by atoms with Gasteiger partial charge in [0.25, 0.3) is 5.91 Å². The third-order valence-corrected chi connectivity index (χ3v) is 4.02. The fourth-order valence-electron chi connectivity index (χ4n) is 2.62. The maximum Gasteiger partial charge on any atom is 0.252 e. The number of piperazine rings is 1. The number of nitrogens with two attached hydrogens (primary N) is 1. The van der Waals surface area contributed by atoms with Crippen molar-refractivity contribution < 1.29 is 4.79 Å². The minimum Gasteiger partial charge on any atom is -0.367 e. The third kappa shape index (κ3) is 2.82. The fourth-order valence-corrected chi connectivity index (χ4v) is 2.86. The normalized spacial score (nSPS) is 15.0. The average molecular weight is 318 g/mol. The van der Waals surface area contributed by atoms with E-state index < -0.39 is 5.91 Å². The van der Waals surface area contributed by atoms with E-state index in [1.54, 1.807) is 12.4 Å². The van der Waals surface area contributed by atoms with Crippen LogP contribution in [-0.2, 0) is 0 Å². The van der Waals surface area contributed by atoms with Crippen LogP contribution in [0.15, 0.2) is 36.8 Å². The monoisotopic (exact) mass is 317 g/mol. The molecule has 0 aromatic carbocycles. The highest BCUT2D eigenvalue weighted by molar-refractivity contribution is 6.32. The molecule has 2 aromatic rings. The number of carbonyl (C=O) groups excluding carboxylic acids is 1. The molecule has 1 fully saturated rings. The van der Waals surface area contributed by atoms with Crippen LogP contribution in [-0.4, -0.2) is 42.1 Å². The van der Waals surface area contributed by atoms with Crippen LogP contribution in [0.3, 0.4) is 0 Å². The van der Waals surface area contributed by atoms with Gasteiger partial charge in [-0.05, 0) is 18.2 Å².